The van der Waals surface area contributed by atoms with E-state index in [0.717, 1.165) is 31.1 Å². The summed E-state index contributed by atoms with van der Waals surface area (Å²) in [7, 11) is 0. The molecule has 0 aliphatic carbocycles. The summed E-state index contributed by atoms with van der Waals surface area (Å²) in [5, 5.41) is 6.73. The maximum atomic E-state index is 5.71. The molecule has 1 N–H and O–H groups in total. The lowest BCUT2D eigenvalue weighted by atomic mass is 9.88. The van der Waals surface area contributed by atoms with Crippen LogP contribution in [0.15, 0.2) is 5.38 Å². The molecule has 2 nitrogen and oxygen atoms in total. The van der Waals surface area contributed by atoms with E-state index in [0.29, 0.717) is 5.41 Å². The Kier molecular flexibility index (Phi) is 5.73. The van der Waals surface area contributed by atoms with Crippen LogP contribution < -0.4 is 5.32 Å². The number of hydrogen-bond donors (Lipinski definition) is 1. The van der Waals surface area contributed by atoms with Crippen molar-refractivity contribution in [3.63, 3.8) is 0 Å². The first-order chi connectivity index (χ1) is 7.53. The monoisotopic (exact) mass is 260 g/mol. The lowest BCUT2D eigenvalue weighted by molar-refractivity contribution is 0.311. The summed E-state index contributed by atoms with van der Waals surface area (Å²) >= 11 is 7.43. The van der Waals surface area contributed by atoms with Crippen LogP contribution in [0.2, 0.25) is 0 Å². The largest absolute Gasteiger partial charge is 0.310 e. The Bertz CT molecular complexity index is 310. The minimum Gasteiger partial charge on any atom is -0.310 e. The SMILES string of the molecule is Cc1csc(CNCC(C)(C)CCCCl)n1. The van der Waals surface area contributed by atoms with Crippen molar-refractivity contribution in [1.82, 2.24) is 10.3 Å². The Hall–Kier alpha value is -0.120. The Balaban J connectivity index is 2.24. The molecule has 0 saturated heterocycles. The molecule has 0 atom stereocenters. The van der Waals surface area contributed by atoms with Gasteiger partial charge < -0.3 is 5.32 Å². The molecule has 0 saturated carbocycles. The van der Waals surface area contributed by atoms with Gasteiger partial charge in [0.05, 0.1) is 0 Å². The van der Waals surface area contributed by atoms with Crippen molar-refractivity contribution < 1.29 is 0 Å². The fraction of sp³-hybridized carbons (Fsp3) is 0.750. The van der Waals surface area contributed by atoms with Crippen molar-refractivity contribution in [3.05, 3.63) is 16.1 Å². The van der Waals surface area contributed by atoms with E-state index in [2.05, 4.69) is 29.5 Å². The van der Waals surface area contributed by atoms with Crippen molar-refractivity contribution in [1.29, 1.82) is 0 Å². The molecular weight excluding hydrogens is 240 g/mol. The molecule has 1 aromatic heterocycles. The fourth-order valence-corrected chi connectivity index (χ4v) is 2.50. The molecule has 1 rings (SSSR count). The minimum atomic E-state index is 0.321. The van der Waals surface area contributed by atoms with Gasteiger partial charge in [0.2, 0.25) is 0 Å². The predicted octanol–water partition coefficient (Wildman–Crippen LogP) is 3.59. The van der Waals surface area contributed by atoms with Gasteiger partial charge in [0.1, 0.15) is 5.01 Å². The number of aryl methyl sites for hydroxylation is 1. The molecule has 0 fully saturated rings. The molecule has 92 valence electrons. The van der Waals surface area contributed by atoms with Crippen LogP contribution in [-0.4, -0.2) is 17.4 Å². The Labute approximate surface area is 107 Å². The second-order valence-electron chi connectivity index (χ2n) is 4.94. The standard InChI is InChI=1S/C12H21ClN2S/c1-10-8-16-11(15-10)7-14-9-12(2,3)5-4-6-13/h8,14H,4-7,9H2,1-3H3. The van der Waals surface area contributed by atoms with Gasteiger partial charge in [0.15, 0.2) is 0 Å². The second-order valence-corrected chi connectivity index (χ2v) is 6.26. The molecule has 1 heterocycles. The van der Waals surface area contributed by atoms with Gasteiger partial charge >= 0.3 is 0 Å². The zero-order valence-electron chi connectivity index (χ0n) is 10.3. The van der Waals surface area contributed by atoms with Crippen LogP contribution in [0.4, 0.5) is 0 Å². The second kappa shape index (κ2) is 6.58. The summed E-state index contributed by atoms with van der Waals surface area (Å²) in [5.41, 5.74) is 1.43. The van der Waals surface area contributed by atoms with Crippen molar-refractivity contribution in [2.24, 2.45) is 5.41 Å². The molecule has 0 aliphatic heterocycles. The molecule has 1 aromatic rings. The van der Waals surface area contributed by atoms with Gasteiger partial charge in [0, 0.05) is 30.0 Å². The first-order valence-electron chi connectivity index (χ1n) is 5.71. The highest BCUT2D eigenvalue weighted by molar-refractivity contribution is 7.09. The van der Waals surface area contributed by atoms with Gasteiger partial charge in [-0.05, 0) is 25.2 Å². The van der Waals surface area contributed by atoms with Gasteiger partial charge in [0.25, 0.3) is 0 Å². The highest BCUT2D eigenvalue weighted by Gasteiger charge is 2.16. The predicted molar refractivity (Wildman–Crippen MR) is 72.3 cm³/mol. The quantitative estimate of drug-likeness (QED) is 0.758. The number of halogens is 1. The van der Waals surface area contributed by atoms with Gasteiger partial charge in [-0.3, -0.25) is 0 Å². The van der Waals surface area contributed by atoms with E-state index in [-0.39, 0.29) is 0 Å². The maximum Gasteiger partial charge on any atom is 0.107 e. The maximum absolute atomic E-state index is 5.71. The van der Waals surface area contributed by atoms with E-state index in [1.807, 2.05) is 6.92 Å². The van der Waals surface area contributed by atoms with E-state index in [1.165, 1.54) is 11.4 Å². The molecule has 0 amide bonds. The zero-order valence-corrected chi connectivity index (χ0v) is 11.9. The zero-order chi connectivity index (χ0) is 12.0. The van der Waals surface area contributed by atoms with Crippen LogP contribution in [0.1, 0.15) is 37.4 Å². The van der Waals surface area contributed by atoms with E-state index in [9.17, 15) is 0 Å². The number of alkyl halides is 1. The smallest absolute Gasteiger partial charge is 0.107 e. The number of nitrogens with zero attached hydrogens (tertiary/aromatic N) is 1. The van der Waals surface area contributed by atoms with Gasteiger partial charge in [-0.15, -0.1) is 22.9 Å². The van der Waals surface area contributed by atoms with E-state index in [1.54, 1.807) is 11.3 Å². The molecule has 0 unspecified atom stereocenters. The number of thiazole rings is 1. The fourth-order valence-electron chi connectivity index (χ4n) is 1.63. The summed E-state index contributed by atoms with van der Waals surface area (Å²) < 4.78 is 0. The molecule has 4 heteroatoms. The first-order valence-corrected chi connectivity index (χ1v) is 7.12. The van der Waals surface area contributed by atoms with Crippen LogP contribution in [0.25, 0.3) is 0 Å². The van der Waals surface area contributed by atoms with E-state index < -0.39 is 0 Å². The van der Waals surface area contributed by atoms with Crippen LogP contribution in [0.3, 0.4) is 0 Å². The first kappa shape index (κ1) is 13.9. The summed E-state index contributed by atoms with van der Waals surface area (Å²) in [6, 6.07) is 0. The van der Waals surface area contributed by atoms with Crippen molar-refractivity contribution in [2.75, 3.05) is 12.4 Å². The number of rotatable bonds is 7. The number of nitrogens with one attached hydrogen (secondary N) is 1. The average molecular weight is 261 g/mol. The van der Waals surface area contributed by atoms with Crippen LogP contribution in [-0.2, 0) is 6.54 Å². The summed E-state index contributed by atoms with van der Waals surface area (Å²) in [5.74, 6) is 0.759. The van der Waals surface area contributed by atoms with Crippen LogP contribution in [0, 0.1) is 12.3 Å². The molecule has 0 aliphatic rings. The molecule has 0 spiro atoms. The average Bonchev–Trinajstić information content (AvgIpc) is 2.61. The van der Waals surface area contributed by atoms with Crippen molar-refractivity contribution >= 4 is 22.9 Å². The normalized spacial score (nSPS) is 12.0. The Morgan fingerprint density at radius 3 is 2.81 bits per heavy atom. The lowest BCUT2D eigenvalue weighted by Gasteiger charge is -2.24. The third-order valence-corrected chi connectivity index (χ3v) is 3.77. The number of aromatic nitrogens is 1. The van der Waals surface area contributed by atoms with Gasteiger partial charge in [-0.25, -0.2) is 4.98 Å². The highest BCUT2D eigenvalue weighted by Crippen LogP contribution is 2.21. The molecule has 0 radical (unpaired) electrons. The third-order valence-electron chi connectivity index (χ3n) is 2.53. The minimum absolute atomic E-state index is 0.321. The topological polar surface area (TPSA) is 24.9 Å². The Morgan fingerprint density at radius 2 is 2.25 bits per heavy atom. The summed E-state index contributed by atoms with van der Waals surface area (Å²) in [6.07, 6.45) is 2.26. The van der Waals surface area contributed by atoms with Crippen LogP contribution in [0.5, 0.6) is 0 Å². The molecule has 0 bridgehead atoms. The third kappa shape index (κ3) is 5.28. The molecule has 0 aromatic carbocycles. The van der Waals surface area contributed by atoms with Gasteiger partial charge in [-0.2, -0.15) is 0 Å². The number of hydrogen-bond acceptors (Lipinski definition) is 3. The van der Waals surface area contributed by atoms with Gasteiger partial charge in [-0.1, -0.05) is 13.8 Å². The van der Waals surface area contributed by atoms with E-state index >= 15 is 0 Å². The van der Waals surface area contributed by atoms with Crippen molar-refractivity contribution in [2.45, 2.75) is 40.2 Å². The lowest BCUT2D eigenvalue weighted by Crippen LogP contribution is -2.29. The molecule has 16 heavy (non-hydrogen) atoms. The summed E-state index contributed by atoms with van der Waals surface area (Å²) in [4.78, 5) is 4.43. The highest BCUT2D eigenvalue weighted by atomic mass is 35.5. The van der Waals surface area contributed by atoms with Crippen molar-refractivity contribution in [3.8, 4) is 0 Å². The van der Waals surface area contributed by atoms with Crippen LogP contribution >= 0.6 is 22.9 Å². The summed E-state index contributed by atoms with van der Waals surface area (Å²) in [6.45, 7) is 8.48. The van der Waals surface area contributed by atoms with E-state index in [4.69, 9.17) is 11.6 Å². The molecular formula is C12H21ClN2S. The Morgan fingerprint density at radius 1 is 1.50 bits per heavy atom.